The third-order valence-corrected chi connectivity index (χ3v) is 20.1. The third kappa shape index (κ3) is 26.2. The highest BCUT2D eigenvalue weighted by atomic mass is 35.5. The lowest BCUT2D eigenvalue weighted by Crippen LogP contribution is -2.41. The molecule has 3 atom stereocenters. The number of rotatable bonds is 21. The summed E-state index contributed by atoms with van der Waals surface area (Å²) in [6, 6.07) is 31.6. The number of amides is 1. The van der Waals surface area contributed by atoms with Crippen molar-refractivity contribution in [1.29, 1.82) is 0 Å². The summed E-state index contributed by atoms with van der Waals surface area (Å²) in [5.74, 6) is 2.90. The van der Waals surface area contributed by atoms with Crippen molar-refractivity contribution in [3.8, 4) is 0 Å². The lowest BCUT2D eigenvalue weighted by molar-refractivity contribution is -0.112. The van der Waals surface area contributed by atoms with Gasteiger partial charge in [-0.15, -0.1) is 0 Å². The maximum atomic E-state index is 11.7. The monoisotopic (exact) mass is 1700 g/mol. The van der Waals surface area contributed by atoms with Crippen LogP contribution in [0.15, 0.2) is 148 Å². The molecule has 0 spiro atoms. The molecule has 3 fully saturated rings. The first kappa shape index (κ1) is 91.8. The lowest BCUT2D eigenvalue weighted by Gasteiger charge is -2.35. The number of nitrogens with one attached hydrogen (secondary N) is 5. The molecule has 16 N–H and O–H groups in total. The number of carbonyl (C=O) groups excluding carboxylic acids is 2. The number of fused-ring (bicyclic) bond motifs is 4. The zero-order chi connectivity index (χ0) is 85.8. The lowest BCUT2D eigenvalue weighted by atomic mass is 10.0. The molecule has 1 amide bonds. The summed E-state index contributed by atoms with van der Waals surface area (Å²) in [4.78, 5) is 79.2. The number of aromatic nitrogens is 16. The number of imidazole rings is 4. The minimum Gasteiger partial charge on any atom is -0.399 e. The fraction of sp³-hybridized carbons (Fsp3) is 0.398. The number of nitrogens with zero attached hydrogens (tertiary/aromatic N) is 18. The number of aliphatic hydroxyl groups is 3. The van der Waals surface area contributed by atoms with Gasteiger partial charge in [0.1, 0.15) is 5.52 Å². The van der Waals surface area contributed by atoms with Gasteiger partial charge in [-0.2, -0.15) is 34.9 Å². The van der Waals surface area contributed by atoms with E-state index in [-0.39, 0.29) is 65.9 Å². The second-order valence-electron chi connectivity index (χ2n) is 29.5. The number of nitrogens with two attached hydrogens (primary N) is 4. The predicted molar refractivity (Wildman–Crippen MR) is 482 cm³/mol. The van der Waals surface area contributed by atoms with Crippen LogP contribution in [-0.4, -0.2) is 162 Å². The van der Waals surface area contributed by atoms with Crippen molar-refractivity contribution in [3.63, 3.8) is 0 Å². The molecule has 15 rings (SSSR count). The van der Waals surface area contributed by atoms with Gasteiger partial charge in [0, 0.05) is 121 Å². The molecule has 634 valence electrons. The predicted octanol–water partition coefficient (Wildman–Crippen LogP) is 15.9. The average molecular weight is 1710 g/mol. The van der Waals surface area contributed by atoms with Gasteiger partial charge in [0.2, 0.25) is 33.6 Å². The Kier molecular flexibility index (Phi) is 34.8. The van der Waals surface area contributed by atoms with Gasteiger partial charge in [-0.25, -0.2) is 24.9 Å². The second kappa shape index (κ2) is 45.2. The van der Waals surface area contributed by atoms with Crippen molar-refractivity contribution in [3.05, 3.63) is 163 Å². The quantitative estimate of drug-likeness (QED) is 0.0104. The number of hydrogen-bond acceptors (Lipinski definition) is 27. The first-order chi connectivity index (χ1) is 57.2. The standard InChI is InChI=1S/C24H31N7O2.C21H29N7O.C14H15ClN6.C8H8Cl2N4.C7H15NO.C6H8N2.C3H3ClO/c1-4-20(33)26-17-8-7-9-18(14-17)27-22-21-23(31(15-25-21)16(2)3)29-24(28-22)30-12-6-5-10-19(30)11-13-32;1-14(2)28-13-23-18-19(24-16-7-5-6-15(22)12-16)25-21(26-20(18)28)27-10-4-3-8-17(27)9-11-29;1-8(2)21-7-17-11-12(19-14(15)20-13(11)21)18-10-5-3-4-9(16)6-10;1-4(2)14-3-11-5-6(9)12-8(10)13-7(5)14;9-6-4-7-3-1-2-5-8-7;7-5-2-1-3-6(8)4-5;1-2-3(4)5/h4,7-9,14-16,19,32H,1,5-6,10-13H2,2-3H3,(H,26,33)(H,27,28,29);5-7,12-14,17,29H,3-4,8-11,22H2,1-2H3,(H,24,25,26);3-8H,16H2,1-2H3,(H,18,19,20);3-4H,1-2H3;7-9H,1-6H2;1-4H,7-8H2;2H,1H2. The molecule has 119 heavy (non-hydrogen) atoms. The summed E-state index contributed by atoms with van der Waals surface area (Å²) < 4.78 is 7.95. The van der Waals surface area contributed by atoms with Gasteiger partial charge in [0.05, 0.1) is 25.3 Å². The molecule has 3 saturated heterocycles. The topological polar surface area (TPSA) is 440 Å². The van der Waals surface area contributed by atoms with E-state index in [0.717, 1.165) is 105 Å². The number of carbonyl (C=O) groups is 2. The summed E-state index contributed by atoms with van der Waals surface area (Å²) in [6.45, 7) is 26.7. The van der Waals surface area contributed by atoms with E-state index in [0.29, 0.717) is 110 Å². The van der Waals surface area contributed by atoms with Crippen molar-refractivity contribution in [2.75, 3.05) is 93.5 Å². The number of halogens is 4. The molecule has 11 heterocycles. The molecule has 12 aromatic rings. The molecule has 36 heteroatoms. The van der Waals surface area contributed by atoms with Gasteiger partial charge in [-0.05, 0) is 252 Å². The Bertz CT molecular complexity index is 5280. The maximum Gasteiger partial charge on any atom is 0.247 e. The summed E-state index contributed by atoms with van der Waals surface area (Å²) in [5.41, 5.74) is 34.0. The van der Waals surface area contributed by atoms with Crippen LogP contribution in [0.1, 0.15) is 157 Å². The molecule has 3 unspecified atom stereocenters. The Hall–Kier alpha value is -11.1. The average Bonchev–Trinajstić information content (AvgIpc) is 1.63. The van der Waals surface area contributed by atoms with Crippen molar-refractivity contribution < 1.29 is 24.9 Å². The van der Waals surface area contributed by atoms with Gasteiger partial charge in [-0.1, -0.05) is 55.4 Å². The van der Waals surface area contributed by atoms with Crippen LogP contribution in [0.25, 0.3) is 44.7 Å². The number of nitrogen functional groups attached to an aromatic ring is 4. The van der Waals surface area contributed by atoms with Crippen LogP contribution >= 0.6 is 46.4 Å². The summed E-state index contributed by atoms with van der Waals surface area (Å²) in [5, 5.41) is 43.8. The van der Waals surface area contributed by atoms with E-state index in [1.54, 1.807) is 37.2 Å². The molecule has 4 aromatic carbocycles. The second-order valence-corrected chi connectivity index (χ2v) is 30.9. The Labute approximate surface area is 712 Å². The van der Waals surface area contributed by atoms with Crippen molar-refractivity contribution in [1.82, 2.24) is 83.4 Å². The van der Waals surface area contributed by atoms with E-state index in [2.05, 4.69) is 136 Å². The van der Waals surface area contributed by atoms with E-state index in [4.69, 9.17) is 94.4 Å². The summed E-state index contributed by atoms with van der Waals surface area (Å²) in [7, 11) is 0. The number of allylic oxidation sites excluding steroid dienone is 1. The Balaban J connectivity index is 0.000000170. The molecule has 0 radical (unpaired) electrons. The van der Waals surface area contributed by atoms with Crippen molar-refractivity contribution >= 4 is 177 Å². The molecule has 8 aromatic heterocycles. The Morgan fingerprint density at radius 2 is 0.840 bits per heavy atom. The van der Waals surface area contributed by atoms with Crippen LogP contribution in [0.4, 0.5) is 74.8 Å². The minimum atomic E-state index is -0.509. The highest BCUT2D eigenvalue weighted by Crippen LogP contribution is 2.35. The maximum absolute atomic E-state index is 11.7. The van der Waals surface area contributed by atoms with Crippen molar-refractivity contribution in [2.45, 2.75) is 175 Å². The van der Waals surface area contributed by atoms with Gasteiger partial charge in [0.15, 0.2) is 61.7 Å². The van der Waals surface area contributed by atoms with Crippen LogP contribution in [0.3, 0.4) is 0 Å². The van der Waals surface area contributed by atoms with Gasteiger partial charge in [0.25, 0.3) is 0 Å². The molecular formula is C83H109Cl4N27O5. The number of aliphatic hydroxyl groups excluding tert-OH is 3. The minimum absolute atomic E-state index is 0.141. The highest BCUT2D eigenvalue weighted by molar-refractivity contribution is 6.66. The third-order valence-electron chi connectivity index (χ3n) is 19.3. The van der Waals surface area contributed by atoms with Gasteiger partial charge in [-0.3, -0.25) is 9.59 Å². The molecule has 0 aliphatic carbocycles. The van der Waals surface area contributed by atoms with E-state index in [1.165, 1.54) is 31.8 Å². The van der Waals surface area contributed by atoms with Crippen LogP contribution in [0, 0.1) is 0 Å². The normalized spacial score (nSPS) is 15.1. The zero-order valence-electron chi connectivity index (χ0n) is 68.4. The fourth-order valence-corrected chi connectivity index (χ4v) is 14.0. The van der Waals surface area contributed by atoms with Crippen LogP contribution in [0.2, 0.25) is 15.7 Å². The molecule has 32 nitrogen and oxygen atoms in total. The Morgan fingerprint density at radius 1 is 0.471 bits per heavy atom. The Morgan fingerprint density at radius 3 is 1.23 bits per heavy atom. The van der Waals surface area contributed by atoms with Crippen molar-refractivity contribution in [2.24, 2.45) is 0 Å². The summed E-state index contributed by atoms with van der Waals surface area (Å²) >= 11 is 22.3. The smallest absolute Gasteiger partial charge is 0.247 e. The molecule has 3 aliphatic rings. The first-order valence-corrected chi connectivity index (χ1v) is 41.2. The highest BCUT2D eigenvalue weighted by Gasteiger charge is 2.29. The number of anilines is 13. The van der Waals surface area contributed by atoms with Crippen LogP contribution in [-0.2, 0) is 9.59 Å². The number of hydrogen-bond donors (Lipinski definition) is 12. The largest absolute Gasteiger partial charge is 0.399 e. The molecular weight excluding hydrogens is 1600 g/mol. The van der Waals surface area contributed by atoms with Gasteiger partial charge >= 0.3 is 0 Å². The first-order valence-electron chi connectivity index (χ1n) is 39.7. The van der Waals surface area contributed by atoms with E-state index >= 15 is 0 Å². The SMILES string of the molecule is C=CC(=O)Cl.C=CC(=O)Nc1cccc(Nc2nc(N3CCCCC3CCO)nc3c2ncn3C(C)C)c1.CC(C)n1cnc2c(Cl)nc(Cl)nc21.CC(C)n1cnc2c(Nc3cccc(N)c3)nc(Cl)nc21.CC(C)n1cnc2c(Nc3cccc(N)c3)nc(N3CCCCC3CCO)nc21.Nc1cccc(N)c1.OCCC1CCCCN1. The van der Waals surface area contributed by atoms with E-state index in [9.17, 15) is 19.8 Å². The zero-order valence-corrected chi connectivity index (χ0v) is 71.4. The summed E-state index contributed by atoms with van der Waals surface area (Å²) in [6.07, 6.45) is 22.1. The number of piperidine rings is 3. The molecule has 0 bridgehead atoms. The van der Waals surface area contributed by atoms with Gasteiger partial charge < -0.3 is 92.9 Å². The number of benzene rings is 4. The molecule has 3 aliphatic heterocycles. The molecule has 0 saturated carbocycles. The fourth-order valence-electron chi connectivity index (χ4n) is 13.4. The van der Waals surface area contributed by atoms with E-state index < -0.39 is 5.24 Å². The van der Waals surface area contributed by atoms with Crippen LogP contribution < -0.4 is 59.3 Å². The van der Waals surface area contributed by atoms with Crippen LogP contribution in [0.5, 0.6) is 0 Å². The van der Waals surface area contributed by atoms with E-state index in [1.807, 2.05) is 113 Å².